The van der Waals surface area contributed by atoms with Crippen molar-refractivity contribution in [2.24, 2.45) is 5.92 Å². The van der Waals surface area contributed by atoms with Gasteiger partial charge in [-0.15, -0.1) is 0 Å². The highest BCUT2D eigenvalue weighted by molar-refractivity contribution is 5.86. The molecule has 0 saturated heterocycles. The summed E-state index contributed by atoms with van der Waals surface area (Å²) in [6.45, 7) is 7.01. The summed E-state index contributed by atoms with van der Waals surface area (Å²) in [5.74, 6) is 0.503. The van der Waals surface area contributed by atoms with Crippen LogP contribution in [0.25, 0.3) is 6.08 Å². The number of hydrogen-bond donors (Lipinski definition) is 1. The Hall–Kier alpha value is -1.77. The maximum atomic E-state index is 10.6. The number of aliphatic carboxylic acids is 1. The van der Waals surface area contributed by atoms with Crippen molar-refractivity contribution >= 4 is 12.0 Å². The lowest BCUT2D eigenvalue weighted by molar-refractivity contribution is -0.131. The van der Waals surface area contributed by atoms with Gasteiger partial charge in [0.15, 0.2) is 0 Å². The molecule has 0 aliphatic heterocycles. The number of carbonyl (C=O) groups is 1. The molecule has 0 amide bonds. The Bertz CT molecular complexity index is 447. The molecule has 19 heavy (non-hydrogen) atoms. The third-order valence-electron chi connectivity index (χ3n) is 2.82. The van der Waals surface area contributed by atoms with E-state index in [4.69, 9.17) is 9.84 Å². The molecule has 0 aromatic heterocycles. The monoisotopic (exact) mass is 262 g/mol. The van der Waals surface area contributed by atoms with Crippen LogP contribution in [0.1, 0.15) is 37.8 Å². The summed E-state index contributed by atoms with van der Waals surface area (Å²) in [6.07, 6.45) is 4.85. The highest BCUT2D eigenvalue weighted by Crippen LogP contribution is 2.25. The van der Waals surface area contributed by atoms with Crippen molar-refractivity contribution in [3.63, 3.8) is 0 Å². The van der Waals surface area contributed by atoms with E-state index in [1.807, 2.05) is 25.1 Å². The number of ether oxygens (including phenoxy) is 1. The number of carboxylic acid groups (broad SMARTS) is 1. The maximum absolute atomic E-state index is 10.6. The minimum absolute atomic E-state index is 0.664. The van der Waals surface area contributed by atoms with Crippen LogP contribution in [0, 0.1) is 12.8 Å². The molecule has 0 unspecified atom stereocenters. The number of carboxylic acids is 1. The van der Waals surface area contributed by atoms with Gasteiger partial charge >= 0.3 is 5.97 Å². The number of benzene rings is 1. The second-order valence-corrected chi connectivity index (χ2v) is 5.05. The van der Waals surface area contributed by atoms with Crippen molar-refractivity contribution in [3.8, 4) is 5.75 Å². The summed E-state index contributed by atoms with van der Waals surface area (Å²) < 4.78 is 5.81. The average Bonchev–Trinajstić information content (AvgIpc) is 2.33. The zero-order valence-corrected chi connectivity index (χ0v) is 11.8. The van der Waals surface area contributed by atoms with E-state index in [0.29, 0.717) is 12.5 Å². The summed E-state index contributed by atoms with van der Waals surface area (Å²) in [4.78, 5) is 10.6. The van der Waals surface area contributed by atoms with Gasteiger partial charge in [0.1, 0.15) is 5.75 Å². The summed E-state index contributed by atoms with van der Waals surface area (Å²) in [5, 5.41) is 8.68. The van der Waals surface area contributed by atoms with Crippen molar-refractivity contribution in [3.05, 3.63) is 35.4 Å². The Kier molecular flexibility index (Phi) is 6.13. The van der Waals surface area contributed by atoms with Crippen LogP contribution in [0.5, 0.6) is 5.75 Å². The molecule has 1 rings (SSSR count). The Morgan fingerprint density at radius 1 is 1.42 bits per heavy atom. The van der Waals surface area contributed by atoms with E-state index in [1.165, 1.54) is 0 Å². The van der Waals surface area contributed by atoms with E-state index in [2.05, 4.69) is 13.8 Å². The van der Waals surface area contributed by atoms with Gasteiger partial charge in [0.25, 0.3) is 0 Å². The lowest BCUT2D eigenvalue weighted by Crippen LogP contribution is -2.02. The first-order chi connectivity index (χ1) is 9.00. The molecule has 1 aromatic carbocycles. The zero-order chi connectivity index (χ0) is 14.3. The van der Waals surface area contributed by atoms with Crippen molar-refractivity contribution < 1.29 is 14.6 Å². The van der Waals surface area contributed by atoms with Crippen LogP contribution in [-0.4, -0.2) is 17.7 Å². The molecule has 104 valence electrons. The Morgan fingerprint density at radius 2 is 2.16 bits per heavy atom. The second kappa shape index (κ2) is 7.62. The van der Waals surface area contributed by atoms with E-state index in [9.17, 15) is 4.79 Å². The molecule has 0 atom stereocenters. The fourth-order valence-corrected chi connectivity index (χ4v) is 1.83. The van der Waals surface area contributed by atoms with Crippen LogP contribution in [0.15, 0.2) is 24.3 Å². The molecule has 0 spiro atoms. The summed E-state index contributed by atoms with van der Waals surface area (Å²) in [7, 11) is 0. The Morgan fingerprint density at radius 3 is 2.79 bits per heavy atom. The maximum Gasteiger partial charge on any atom is 0.328 e. The first-order valence-corrected chi connectivity index (χ1v) is 6.64. The zero-order valence-electron chi connectivity index (χ0n) is 11.8. The quantitative estimate of drug-likeness (QED) is 0.598. The largest absolute Gasteiger partial charge is 0.493 e. The van der Waals surface area contributed by atoms with Gasteiger partial charge in [-0.25, -0.2) is 4.79 Å². The van der Waals surface area contributed by atoms with Gasteiger partial charge < -0.3 is 9.84 Å². The van der Waals surface area contributed by atoms with E-state index in [-0.39, 0.29) is 0 Å². The molecule has 0 fully saturated rings. The molecule has 0 aliphatic carbocycles. The average molecular weight is 262 g/mol. The van der Waals surface area contributed by atoms with E-state index >= 15 is 0 Å². The predicted octanol–water partition coefficient (Wildman–Crippen LogP) is 3.91. The first-order valence-electron chi connectivity index (χ1n) is 6.64. The topological polar surface area (TPSA) is 46.5 Å². The Labute approximate surface area is 114 Å². The molecule has 0 saturated carbocycles. The number of aryl methyl sites for hydroxylation is 1. The molecule has 0 radical (unpaired) electrons. The van der Waals surface area contributed by atoms with E-state index in [1.54, 1.807) is 6.08 Å². The lowest BCUT2D eigenvalue weighted by Gasteiger charge is -2.12. The summed E-state index contributed by atoms with van der Waals surface area (Å²) >= 11 is 0. The van der Waals surface area contributed by atoms with Crippen LogP contribution in [0.2, 0.25) is 0 Å². The van der Waals surface area contributed by atoms with Crippen LogP contribution in [0.4, 0.5) is 0 Å². The van der Waals surface area contributed by atoms with Crippen LogP contribution < -0.4 is 4.74 Å². The standard InChI is InChI=1S/C16H22O3/c1-12(2)6-5-11-19-16-13(3)7-4-8-14(16)9-10-15(17)18/h4,7-10,12H,5-6,11H2,1-3H3,(H,17,18)/b10-9+. The normalized spacial score (nSPS) is 11.2. The molecule has 1 N–H and O–H groups in total. The Balaban J connectivity index is 2.72. The fourth-order valence-electron chi connectivity index (χ4n) is 1.83. The van der Waals surface area contributed by atoms with Crippen LogP contribution in [0.3, 0.4) is 0 Å². The molecule has 0 aliphatic rings. The highest BCUT2D eigenvalue weighted by atomic mass is 16.5. The van der Waals surface area contributed by atoms with Crippen LogP contribution >= 0.6 is 0 Å². The molecular formula is C16H22O3. The van der Waals surface area contributed by atoms with Crippen molar-refractivity contribution in [1.29, 1.82) is 0 Å². The minimum atomic E-state index is -0.952. The number of para-hydroxylation sites is 1. The van der Waals surface area contributed by atoms with Gasteiger partial charge in [-0.3, -0.25) is 0 Å². The smallest absolute Gasteiger partial charge is 0.328 e. The fraction of sp³-hybridized carbons (Fsp3) is 0.438. The predicted molar refractivity (Wildman–Crippen MR) is 77.4 cm³/mol. The molecule has 3 nitrogen and oxygen atoms in total. The van der Waals surface area contributed by atoms with E-state index in [0.717, 1.165) is 35.8 Å². The van der Waals surface area contributed by atoms with Gasteiger partial charge in [0.2, 0.25) is 0 Å². The lowest BCUT2D eigenvalue weighted by atomic mass is 10.1. The summed E-state index contributed by atoms with van der Waals surface area (Å²) in [5.41, 5.74) is 1.84. The van der Waals surface area contributed by atoms with Crippen molar-refractivity contribution in [2.75, 3.05) is 6.61 Å². The van der Waals surface area contributed by atoms with Gasteiger partial charge in [0.05, 0.1) is 6.61 Å². The van der Waals surface area contributed by atoms with Crippen molar-refractivity contribution in [1.82, 2.24) is 0 Å². The third kappa shape index (κ3) is 5.60. The van der Waals surface area contributed by atoms with Gasteiger partial charge in [-0.2, -0.15) is 0 Å². The molecule has 0 bridgehead atoms. The highest BCUT2D eigenvalue weighted by Gasteiger charge is 2.05. The number of rotatable bonds is 7. The molecule has 0 heterocycles. The van der Waals surface area contributed by atoms with E-state index < -0.39 is 5.97 Å². The SMILES string of the molecule is Cc1cccc(/C=C/C(=O)O)c1OCCCC(C)C. The number of hydrogen-bond acceptors (Lipinski definition) is 2. The van der Waals surface area contributed by atoms with Gasteiger partial charge in [-0.05, 0) is 37.3 Å². The molecular weight excluding hydrogens is 240 g/mol. The molecule has 1 aromatic rings. The van der Waals surface area contributed by atoms with Gasteiger partial charge in [0, 0.05) is 11.6 Å². The van der Waals surface area contributed by atoms with Crippen LogP contribution in [-0.2, 0) is 4.79 Å². The van der Waals surface area contributed by atoms with Gasteiger partial charge in [-0.1, -0.05) is 32.0 Å². The summed E-state index contributed by atoms with van der Waals surface area (Å²) in [6, 6.07) is 5.73. The second-order valence-electron chi connectivity index (χ2n) is 5.05. The minimum Gasteiger partial charge on any atom is -0.493 e. The molecule has 3 heteroatoms. The van der Waals surface area contributed by atoms with Crippen molar-refractivity contribution in [2.45, 2.75) is 33.6 Å². The first kappa shape index (κ1) is 15.3. The third-order valence-corrected chi connectivity index (χ3v) is 2.82.